The number of furan rings is 1. The van der Waals surface area contributed by atoms with Crippen LogP contribution in [0, 0.1) is 11.7 Å². The molecule has 6 nitrogen and oxygen atoms in total. The number of hydrogen-bond donors (Lipinski definition) is 1. The summed E-state index contributed by atoms with van der Waals surface area (Å²) in [6.07, 6.45) is 4.48. The molecule has 1 aliphatic heterocycles. The number of amides is 2. The van der Waals surface area contributed by atoms with Crippen molar-refractivity contribution in [2.75, 3.05) is 19.7 Å². The van der Waals surface area contributed by atoms with Crippen LogP contribution in [-0.4, -0.2) is 36.4 Å². The number of benzene rings is 2. The zero-order chi connectivity index (χ0) is 22.8. The van der Waals surface area contributed by atoms with E-state index in [1.54, 1.807) is 29.2 Å². The summed E-state index contributed by atoms with van der Waals surface area (Å²) in [5.41, 5.74) is 2.76. The normalized spacial score (nSPS) is 17.4. The van der Waals surface area contributed by atoms with Crippen molar-refractivity contribution in [3.63, 3.8) is 0 Å². The number of ether oxygens (including phenoxy) is 1. The van der Waals surface area contributed by atoms with Gasteiger partial charge in [-0.1, -0.05) is 18.2 Å². The van der Waals surface area contributed by atoms with E-state index in [4.69, 9.17) is 9.15 Å². The third-order valence-corrected chi connectivity index (χ3v) is 6.18. The largest absolute Gasteiger partial charge is 0.484 e. The third-order valence-electron chi connectivity index (χ3n) is 6.18. The number of halogens is 1. The first-order valence-corrected chi connectivity index (χ1v) is 11.2. The van der Waals surface area contributed by atoms with Crippen LogP contribution in [0.4, 0.5) is 4.39 Å². The van der Waals surface area contributed by atoms with E-state index < -0.39 is 6.04 Å². The van der Waals surface area contributed by atoms with Crippen LogP contribution in [0.1, 0.15) is 46.1 Å². The Kier molecular flexibility index (Phi) is 5.86. The van der Waals surface area contributed by atoms with E-state index in [0.29, 0.717) is 31.2 Å². The molecule has 1 saturated carbocycles. The van der Waals surface area contributed by atoms with Crippen LogP contribution in [0.2, 0.25) is 0 Å². The Bertz CT molecular complexity index is 1140. The number of carbonyl (C=O) groups excluding carboxylic acids is 2. The lowest BCUT2D eigenvalue weighted by Crippen LogP contribution is -2.40. The first-order valence-electron chi connectivity index (χ1n) is 11.2. The molecular formula is C26H25FN2O4. The van der Waals surface area contributed by atoms with Crippen molar-refractivity contribution in [3.8, 4) is 5.75 Å². The second-order valence-electron chi connectivity index (χ2n) is 8.58. The predicted octanol–water partition coefficient (Wildman–Crippen LogP) is 4.11. The number of nitrogens with one attached hydrogen (secondary N) is 1. The second kappa shape index (κ2) is 9.10. The Balaban J connectivity index is 1.42. The number of fused-ring (bicyclic) bond motifs is 1. The summed E-state index contributed by atoms with van der Waals surface area (Å²) >= 11 is 0. The van der Waals surface area contributed by atoms with Crippen molar-refractivity contribution in [2.24, 2.45) is 5.92 Å². The monoisotopic (exact) mass is 448 g/mol. The van der Waals surface area contributed by atoms with E-state index in [2.05, 4.69) is 5.32 Å². The Morgan fingerprint density at radius 2 is 1.94 bits per heavy atom. The smallest absolute Gasteiger partial charge is 0.290 e. The topological polar surface area (TPSA) is 71.8 Å². The standard InChI is InChI=1S/C26H25FN2O4/c27-20-8-5-19(6-9-20)25-22-14-21(33-16-24(30)28-15-17-3-4-17)10-7-18(22)11-12-29(25)26(31)23-2-1-13-32-23/h1-2,5-10,13-14,17,25H,3-4,11-12,15-16H2,(H,28,30). The number of hydrogen-bond acceptors (Lipinski definition) is 4. The van der Waals surface area contributed by atoms with Gasteiger partial charge in [0.2, 0.25) is 0 Å². The molecule has 1 aromatic heterocycles. The molecule has 3 aromatic rings. The molecule has 170 valence electrons. The molecule has 33 heavy (non-hydrogen) atoms. The molecule has 5 rings (SSSR count). The van der Waals surface area contributed by atoms with Crippen LogP contribution < -0.4 is 10.1 Å². The second-order valence-corrected chi connectivity index (χ2v) is 8.58. The predicted molar refractivity (Wildman–Crippen MR) is 119 cm³/mol. The third kappa shape index (κ3) is 4.77. The van der Waals surface area contributed by atoms with Crippen LogP contribution in [0.15, 0.2) is 65.3 Å². The first-order chi connectivity index (χ1) is 16.1. The van der Waals surface area contributed by atoms with Gasteiger partial charge in [-0.2, -0.15) is 0 Å². The molecule has 0 radical (unpaired) electrons. The van der Waals surface area contributed by atoms with Crippen molar-refractivity contribution in [1.82, 2.24) is 10.2 Å². The molecule has 0 bridgehead atoms. The van der Waals surface area contributed by atoms with Gasteiger partial charge in [0, 0.05) is 13.1 Å². The molecule has 2 heterocycles. The molecule has 1 atom stereocenters. The minimum absolute atomic E-state index is 0.0677. The Morgan fingerprint density at radius 3 is 2.67 bits per heavy atom. The lowest BCUT2D eigenvalue weighted by atomic mass is 9.87. The van der Waals surface area contributed by atoms with Gasteiger partial charge >= 0.3 is 0 Å². The van der Waals surface area contributed by atoms with E-state index in [0.717, 1.165) is 16.7 Å². The van der Waals surface area contributed by atoms with Crippen molar-refractivity contribution < 1.29 is 23.1 Å². The van der Waals surface area contributed by atoms with E-state index in [9.17, 15) is 14.0 Å². The number of rotatable bonds is 7. The molecule has 2 aromatic carbocycles. The van der Waals surface area contributed by atoms with E-state index >= 15 is 0 Å². The molecule has 7 heteroatoms. The molecular weight excluding hydrogens is 423 g/mol. The van der Waals surface area contributed by atoms with Gasteiger partial charge in [-0.15, -0.1) is 0 Å². The summed E-state index contributed by atoms with van der Waals surface area (Å²) in [6, 6.07) is 14.7. The molecule has 1 N–H and O–H groups in total. The fourth-order valence-electron chi connectivity index (χ4n) is 4.23. The van der Waals surface area contributed by atoms with Gasteiger partial charge in [-0.05, 0) is 78.3 Å². The fourth-order valence-corrected chi connectivity index (χ4v) is 4.23. The summed E-state index contributed by atoms with van der Waals surface area (Å²) in [7, 11) is 0. The van der Waals surface area contributed by atoms with Gasteiger partial charge in [0.25, 0.3) is 11.8 Å². The lowest BCUT2D eigenvalue weighted by Gasteiger charge is -2.37. The minimum atomic E-state index is -0.431. The molecule has 1 aliphatic carbocycles. The van der Waals surface area contributed by atoms with E-state index in [-0.39, 0.29) is 30.0 Å². The van der Waals surface area contributed by atoms with Crippen LogP contribution in [0.25, 0.3) is 0 Å². The number of nitrogens with zero attached hydrogens (tertiary/aromatic N) is 1. The maximum atomic E-state index is 13.6. The Morgan fingerprint density at radius 1 is 1.12 bits per heavy atom. The summed E-state index contributed by atoms with van der Waals surface area (Å²) in [5.74, 6) is 0.690. The zero-order valence-corrected chi connectivity index (χ0v) is 18.1. The van der Waals surface area contributed by atoms with Crippen LogP contribution in [0.3, 0.4) is 0 Å². The fraction of sp³-hybridized carbons (Fsp3) is 0.308. The first kappa shape index (κ1) is 21.2. The highest BCUT2D eigenvalue weighted by molar-refractivity contribution is 5.92. The van der Waals surface area contributed by atoms with Crippen LogP contribution in [-0.2, 0) is 11.2 Å². The Labute approximate surface area is 191 Å². The zero-order valence-electron chi connectivity index (χ0n) is 18.1. The Hall–Kier alpha value is -3.61. The minimum Gasteiger partial charge on any atom is -0.484 e. The van der Waals surface area contributed by atoms with Gasteiger partial charge in [-0.3, -0.25) is 9.59 Å². The van der Waals surface area contributed by atoms with Gasteiger partial charge in [0.15, 0.2) is 12.4 Å². The molecule has 0 saturated heterocycles. The number of carbonyl (C=O) groups is 2. The van der Waals surface area contributed by atoms with Crippen molar-refractivity contribution >= 4 is 11.8 Å². The van der Waals surface area contributed by atoms with Crippen LogP contribution >= 0.6 is 0 Å². The van der Waals surface area contributed by atoms with Gasteiger partial charge in [0.1, 0.15) is 11.6 Å². The highest BCUT2D eigenvalue weighted by Gasteiger charge is 2.34. The van der Waals surface area contributed by atoms with Crippen molar-refractivity contribution in [2.45, 2.75) is 25.3 Å². The SMILES string of the molecule is O=C(COc1ccc2c(c1)C(c1ccc(F)cc1)N(C(=O)c1ccco1)CC2)NCC1CC1. The average Bonchev–Trinajstić information content (AvgIpc) is 3.51. The van der Waals surface area contributed by atoms with Crippen molar-refractivity contribution in [1.29, 1.82) is 0 Å². The lowest BCUT2D eigenvalue weighted by molar-refractivity contribution is -0.123. The summed E-state index contributed by atoms with van der Waals surface area (Å²) in [6.45, 7) is 1.13. The van der Waals surface area contributed by atoms with E-state index in [1.807, 2.05) is 18.2 Å². The van der Waals surface area contributed by atoms with E-state index in [1.165, 1.54) is 31.2 Å². The molecule has 2 aliphatic rings. The molecule has 1 unspecified atom stereocenters. The molecule has 2 amide bonds. The maximum absolute atomic E-state index is 13.6. The quantitative estimate of drug-likeness (QED) is 0.591. The average molecular weight is 448 g/mol. The van der Waals surface area contributed by atoms with Gasteiger partial charge in [-0.25, -0.2) is 4.39 Å². The molecule has 1 fully saturated rings. The molecule has 0 spiro atoms. The summed E-state index contributed by atoms with van der Waals surface area (Å²) in [5, 5.41) is 2.89. The highest BCUT2D eigenvalue weighted by atomic mass is 19.1. The van der Waals surface area contributed by atoms with Crippen LogP contribution in [0.5, 0.6) is 5.75 Å². The van der Waals surface area contributed by atoms with Gasteiger partial charge < -0.3 is 19.4 Å². The highest BCUT2D eigenvalue weighted by Crippen LogP contribution is 2.38. The summed E-state index contributed by atoms with van der Waals surface area (Å²) in [4.78, 5) is 27.1. The van der Waals surface area contributed by atoms with Gasteiger partial charge in [0.05, 0.1) is 12.3 Å². The van der Waals surface area contributed by atoms with Crippen molar-refractivity contribution in [3.05, 3.63) is 89.1 Å². The maximum Gasteiger partial charge on any atom is 0.290 e. The summed E-state index contributed by atoms with van der Waals surface area (Å²) < 4.78 is 24.7.